The van der Waals surface area contributed by atoms with Gasteiger partial charge in [-0.05, 0) is 61.9 Å². The first kappa shape index (κ1) is 17.3. The van der Waals surface area contributed by atoms with Crippen molar-refractivity contribution in [2.75, 3.05) is 7.11 Å². The van der Waals surface area contributed by atoms with Crippen molar-refractivity contribution in [1.29, 1.82) is 0 Å². The zero-order chi connectivity index (χ0) is 17.0. The second-order valence-corrected chi connectivity index (χ2v) is 6.40. The first-order valence-corrected chi connectivity index (χ1v) is 8.04. The van der Waals surface area contributed by atoms with E-state index in [9.17, 15) is 9.59 Å². The molecular weight excluding hydrogens is 290 g/mol. The second kappa shape index (κ2) is 6.99. The molecule has 0 atom stereocenters. The third-order valence-electron chi connectivity index (χ3n) is 4.69. The van der Waals surface area contributed by atoms with Crippen molar-refractivity contribution in [3.05, 3.63) is 40.5 Å². The van der Waals surface area contributed by atoms with Crippen LogP contribution in [0.4, 0.5) is 0 Å². The highest BCUT2D eigenvalue weighted by atomic mass is 16.5. The fourth-order valence-electron chi connectivity index (χ4n) is 3.16. The number of carbonyl (C=O) groups excluding carboxylic acids is 2. The van der Waals surface area contributed by atoms with Crippen LogP contribution in [0.2, 0.25) is 0 Å². The Labute approximate surface area is 137 Å². The highest BCUT2D eigenvalue weighted by Crippen LogP contribution is 2.30. The molecule has 1 saturated carbocycles. The summed E-state index contributed by atoms with van der Waals surface area (Å²) in [7, 11) is 1.36. The lowest BCUT2D eigenvalue weighted by molar-refractivity contribution is -0.150. The van der Waals surface area contributed by atoms with E-state index < -0.39 is 5.54 Å². The Morgan fingerprint density at radius 2 is 1.70 bits per heavy atom. The molecule has 1 aromatic carbocycles. The van der Waals surface area contributed by atoms with Gasteiger partial charge in [0.15, 0.2) is 0 Å². The maximum absolute atomic E-state index is 12.3. The van der Waals surface area contributed by atoms with Gasteiger partial charge in [0.25, 0.3) is 0 Å². The number of benzene rings is 1. The summed E-state index contributed by atoms with van der Waals surface area (Å²) in [6.07, 6.45) is 6.44. The van der Waals surface area contributed by atoms with Gasteiger partial charge in [-0.15, -0.1) is 0 Å². The van der Waals surface area contributed by atoms with Gasteiger partial charge in [0.2, 0.25) is 5.91 Å². The van der Waals surface area contributed by atoms with Crippen molar-refractivity contribution < 1.29 is 14.3 Å². The highest BCUT2D eigenvalue weighted by molar-refractivity contribution is 5.96. The zero-order valence-corrected chi connectivity index (χ0v) is 14.4. The van der Waals surface area contributed by atoms with E-state index in [1.54, 1.807) is 6.08 Å². The molecule has 1 aliphatic rings. The van der Waals surface area contributed by atoms with Crippen molar-refractivity contribution in [3.63, 3.8) is 0 Å². The summed E-state index contributed by atoms with van der Waals surface area (Å²) in [6, 6.07) is 4.18. The lowest BCUT2D eigenvalue weighted by Crippen LogP contribution is -2.52. The van der Waals surface area contributed by atoms with Gasteiger partial charge in [-0.1, -0.05) is 25.0 Å². The largest absolute Gasteiger partial charge is 0.467 e. The van der Waals surface area contributed by atoms with Gasteiger partial charge < -0.3 is 10.1 Å². The van der Waals surface area contributed by atoms with Crippen molar-refractivity contribution in [2.24, 2.45) is 0 Å². The van der Waals surface area contributed by atoms with E-state index in [-0.39, 0.29) is 11.9 Å². The van der Waals surface area contributed by atoms with E-state index in [1.165, 1.54) is 24.3 Å². The Hall–Kier alpha value is -2.10. The summed E-state index contributed by atoms with van der Waals surface area (Å²) in [4.78, 5) is 24.3. The van der Waals surface area contributed by atoms with Crippen LogP contribution in [0, 0.1) is 20.8 Å². The SMILES string of the molecule is COC(=O)C1(NC(=O)/C=C/c2cc(C)c(C)cc2C)CCCC1. The van der Waals surface area contributed by atoms with Gasteiger partial charge >= 0.3 is 5.97 Å². The molecule has 0 saturated heterocycles. The molecule has 4 heteroatoms. The van der Waals surface area contributed by atoms with Gasteiger partial charge in [-0.3, -0.25) is 4.79 Å². The van der Waals surface area contributed by atoms with Crippen molar-refractivity contribution in [3.8, 4) is 0 Å². The quantitative estimate of drug-likeness (QED) is 0.685. The number of nitrogens with one attached hydrogen (secondary N) is 1. The smallest absolute Gasteiger partial charge is 0.331 e. The monoisotopic (exact) mass is 315 g/mol. The minimum absolute atomic E-state index is 0.255. The summed E-state index contributed by atoms with van der Waals surface area (Å²) in [5, 5.41) is 2.86. The predicted molar refractivity (Wildman–Crippen MR) is 91.0 cm³/mol. The van der Waals surface area contributed by atoms with E-state index in [4.69, 9.17) is 4.74 Å². The van der Waals surface area contributed by atoms with Crippen molar-refractivity contribution in [2.45, 2.75) is 52.0 Å². The first-order valence-electron chi connectivity index (χ1n) is 8.04. The van der Waals surface area contributed by atoms with Crippen LogP contribution in [0.3, 0.4) is 0 Å². The van der Waals surface area contributed by atoms with E-state index in [0.29, 0.717) is 12.8 Å². The molecule has 1 aromatic rings. The molecule has 23 heavy (non-hydrogen) atoms. The number of ether oxygens (including phenoxy) is 1. The lowest BCUT2D eigenvalue weighted by Gasteiger charge is -2.26. The summed E-state index contributed by atoms with van der Waals surface area (Å²) in [5.74, 6) is -0.603. The molecule has 4 nitrogen and oxygen atoms in total. The maximum atomic E-state index is 12.3. The summed E-state index contributed by atoms with van der Waals surface area (Å²) in [6.45, 7) is 6.15. The molecule has 1 aliphatic carbocycles. The molecule has 0 aromatic heterocycles. The van der Waals surface area contributed by atoms with Crippen LogP contribution in [-0.4, -0.2) is 24.5 Å². The van der Waals surface area contributed by atoms with Crippen LogP contribution in [0.25, 0.3) is 6.08 Å². The summed E-state index contributed by atoms with van der Waals surface area (Å²) < 4.78 is 4.87. The molecule has 1 amide bonds. The van der Waals surface area contributed by atoms with Crippen LogP contribution in [0.1, 0.15) is 47.9 Å². The predicted octanol–water partition coefficient (Wildman–Crippen LogP) is 3.23. The van der Waals surface area contributed by atoms with E-state index in [0.717, 1.165) is 24.0 Å². The van der Waals surface area contributed by atoms with Gasteiger partial charge in [0, 0.05) is 6.08 Å². The molecule has 0 radical (unpaired) electrons. The summed E-state index contributed by atoms with van der Waals surface area (Å²) >= 11 is 0. The average molecular weight is 315 g/mol. The fraction of sp³-hybridized carbons (Fsp3) is 0.474. The molecule has 0 spiro atoms. The molecule has 0 aliphatic heterocycles. The first-order chi connectivity index (χ1) is 10.9. The zero-order valence-electron chi connectivity index (χ0n) is 14.4. The molecule has 124 valence electrons. The van der Waals surface area contributed by atoms with E-state index in [1.807, 2.05) is 6.92 Å². The van der Waals surface area contributed by atoms with Gasteiger partial charge in [-0.2, -0.15) is 0 Å². The topological polar surface area (TPSA) is 55.4 Å². The summed E-state index contributed by atoms with van der Waals surface area (Å²) in [5.41, 5.74) is 3.72. The van der Waals surface area contributed by atoms with Crippen LogP contribution in [-0.2, 0) is 14.3 Å². The number of esters is 1. The second-order valence-electron chi connectivity index (χ2n) is 6.40. The van der Waals surface area contributed by atoms with Crippen molar-refractivity contribution >= 4 is 18.0 Å². The van der Waals surface area contributed by atoms with Crippen LogP contribution < -0.4 is 5.32 Å². The maximum Gasteiger partial charge on any atom is 0.331 e. The fourth-order valence-corrected chi connectivity index (χ4v) is 3.16. The molecule has 0 heterocycles. The average Bonchev–Trinajstić information content (AvgIpc) is 2.98. The molecule has 1 N–H and O–H groups in total. The Bertz CT molecular complexity index is 640. The highest BCUT2D eigenvalue weighted by Gasteiger charge is 2.43. The number of amides is 1. The third kappa shape index (κ3) is 3.81. The normalized spacial score (nSPS) is 16.5. The number of rotatable bonds is 4. The van der Waals surface area contributed by atoms with Gasteiger partial charge in [0.1, 0.15) is 5.54 Å². The van der Waals surface area contributed by atoms with Crippen LogP contribution in [0.15, 0.2) is 18.2 Å². The number of hydrogen-bond acceptors (Lipinski definition) is 3. The number of methoxy groups -OCH3 is 1. The van der Waals surface area contributed by atoms with E-state index >= 15 is 0 Å². The standard InChI is InChI=1S/C19H25NO3/c1-13-11-15(3)16(12-14(13)2)7-8-17(21)20-19(18(22)23-4)9-5-6-10-19/h7-8,11-12H,5-6,9-10H2,1-4H3,(H,20,21)/b8-7+. The minimum Gasteiger partial charge on any atom is -0.467 e. The van der Waals surface area contributed by atoms with Crippen LogP contribution in [0.5, 0.6) is 0 Å². The number of hydrogen-bond donors (Lipinski definition) is 1. The van der Waals surface area contributed by atoms with Gasteiger partial charge in [-0.25, -0.2) is 4.79 Å². The molecule has 1 fully saturated rings. The minimum atomic E-state index is -0.853. The molecule has 0 unspecified atom stereocenters. The molecule has 0 bridgehead atoms. The van der Waals surface area contributed by atoms with Crippen LogP contribution >= 0.6 is 0 Å². The van der Waals surface area contributed by atoms with Crippen molar-refractivity contribution in [1.82, 2.24) is 5.32 Å². The Balaban J connectivity index is 2.12. The molecular formula is C19H25NO3. The lowest BCUT2D eigenvalue weighted by atomic mass is 9.97. The molecule has 2 rings (SSSR count). The Morgan fingerprint density at radius 3 is 2.30 bits per heavy atom. The van der Waals surface area contributed by atoms with E-state index in [2.05, 4.69) is 31.3 Å². The van der Waals surface area contributed by atoms with Gasteiger partial charge in [0.05, 0.1) is 7.11 Å². The number of carbonyl (C=O) groups is 2. The third-order valence-corrected chi connectivity index (χ3v) is 4.69. The Kier molecular flexibility index (Phi) is 5.24. The Morgan fingerprint density at radius 1 is 1.09 bits per heavy atom. The number of aryl methyl sites for hydroxylation is 3.